The molecule has 24 heavy (non-hydrogen) atoms. The number of halogens is 1. The van der Waals surface area contributed by atoms with Crippen LogP contribution < -0.4 is 0 Å². The van der Waals surface area contributed by atoms with Gasteiger partial charge < -0.3 is 9.67 Å². The van der Waals surface area contributed by atoms with E-state index < -0.39 is 11.9 Å². The minimum absolute atomic E-state index is 0.302. The number of thioether (sulfide) groups is 1. The van der Waals surface area contributed by atoms with Gasteiger partial charge in [0.1, 0.15) is 11.6 Å². The molecule has 0 saturated heterocycles. The molecule has 1 atom stereocenters. The van der Waals surface area contributed by atoms with Gasteiger partial charge in [0.25, 0.3) is 0 Å². The molecule has 1 heterocycles. The van der Waals surface area contributed by atoms with E-state index in [9.17, 15) is 9.50 Å². The van der Waals surface area contributed by atoms with Crippen LogP contribution in [0.15, 0.2) is 59.8 Å². The van der Waals surface area contributed by atoms with E-state index in [0.29, 0.717) is 23.0 Å². The zero-order valence-electron chi connectivity index (χ0n) is 13.3. The maximum Gasteiger partial charge on any atom is 0.191 e. The van der Waals surface area contributed by atoms with Crippen LogP contribution >= 0.6 is 11.8 Å². The van der Waals surface area contributed by atoms with Gasteiger partial charge in [-0.25, -0.2) is 4.39 Å². The molecule has 0 fully saturated rings. The van der Waals surface area contributed by atoms with Crippen molar-refractivity contribution in [3.05, 3.63) is 77.4 Å². The highest BCUT2D eigenvalue weighted by molar-refractivity contribution is 7.99. The van der Waals surface area contributed by atoms with E-state index >= 15 is 0 Å². The fourth-order valence-corrected chi connectivity index (χ4v) is 3.34. The third-order valence-corrected chi connectivity index (χ3v) is 4.76. The summed E-state index contributed by atoms with van der Waals surface area (Å²) < 4.78 is 15.7. The van der Waals surface area contributed by atoms with E-state index in [1.165, 1.54) is 17.8 Å². The molecule has 4 nitrogen and oxygen atoms in total. The molecule has 6 heteroatoms. The largest absolute Gasteiger partial charge is 0.387 e. The predicted molar refractivity (Wildman–Crippen MR) is 92.4 cm³/mol. The van der Waals surface area contributed by atoms with Gasteiger partial charge in [0.05, 0.1) is 12.6 Å². The number of hydrogen-bond donors (Lipinski definition) is 1. The molecule has 3 aromatic rings. The van der Waals surface area contributed by atoms with Gasteiger partial charge in [0.15, 0.2) is 5.16 Å². The molecule has 0 aliphatic heterocycles. The average molecular weight is 343 g/mol. The van der Waals surface area contributed by atoms with Gasteiger partial charge >= 0.3 is 0 Å². The molecule has 2 aromatic carbocycles. The van der Waals surface area contributed by atoms with Crippen LogP contribution in [0.4, 0.5) is 4.39 Å². The highest BCUT2D eigenvalue weighted by atomic mass is 32.2. The van der Waals surface area contributed by atoms with Gasteiger partial charge in [-0.15, -0.1) is 10.2 Å². The van der Waals surface area contributed by atoms with Gasteiger partial charge in [-0.3, -0.25) is 0 Å². The zero-order valence-corrected chi connectivity index (χ0v) is 14.1. The topological polar surface area (TPSA) is 50.9 Å². The molecule has 1 N–H and O–H groups in total. The van der Waals surface area contributed by atoms with Crippen molar-refractivity contribution in [3.8, 4) is 0 Å². The van der Waals surface area contributed by atoms with Crippen molar-refractivity contribution >= 4 is 11.8 Å². The van der Waals surface area contributed by atoms with Crippen molar-refractivity contribution in [1.29, 1.82) is 0 Å². The lowest BCUT2D eigenvalue weighted by molar-refractivity contribution is 0.199. The van der Waals surface area contributed by atoms with Crippen LogP contribution in [-0.4, -0.2) is 25.6 Å². The second kappa shape index (κ2) is 7.59. The lowest BCUT2D eigenvalue weighted by Crippen LogP contribution is -2.07. The highest BCUT2D eigenvalue weighted by Gasteiger charge is 2.16. The summed E-state index contributed by atoms with van der Waals surface area (Å²) in [5, 5.41) is 19.2. The lowest BCUT2D eigenvalue weighted by atomic mass is 10.1. The number of aliphatic hydroxyl groups excluding tert-OH is 1. The number of rotatable bonds is 6. The Morgan fingerprint density at radius 3 is 2.54 bits per heavy atom. The van der Waals surface area contributed by atoms with Crippen LogP contribution in [0.3, 0.4) is 0 Å². The van der Waals surface area contributed by atoms with Crippen molar-refractivity contribution in [1.82, 2.24) is 14.8 Å². The SMILES string of the molecule is Cc1nnc(SCC(O)c2ccccc2F)n1Cc1ccccc1. The van der Waals surface area contributed by atoms with E-state index in [0.717, 1.165) is 11.4 Å². The Morgan fingerprint density at radius 1 is 1.08 bits per heavy atom. The molecule has 124 valence electrons. The third-order valence-electron chi connectivity index (χ3n) is 3.72. The van der Waals surface area contributed by atoms with Gasteiger partial charge in [-0.1, -0.05) is 60.3 Å². The fourth-order valence-electron chi connectivity index (χ4n) is 2.40. The molecule has 0 spiro atoms. The van der Waals surface area contributed by atoms with Crippen molar-refractivity contribution in [2.45, 2.75) is 24.7 Å². The molecule has 0 aliphatic carbocycles. The highest BCUT2D eigenvalue weighted by Crippen LogP contribution is 2.26. The zero-order chi connectivity index (χ0) is 16.9. The number of hydrogen-bond acceptors (Lipinski definition) is 4. The first-order chi connectivity index (χ1) is 11.6. The minimum Gasteiger partial charge on any atom is -0.387 e. The monoisotopic (exact) mass is 343 g/mol. The van der Waals surface area contributed by atoms with Crippen molar-refractivity contribution < 1.29 is 9.50 Å². The van der Waals surface area contributed by atoms with Gasteiger partial charge in [0, 0.05) is 11.3 Å². The minimum atomic E-state index is -0.890. The van der Waals surface area contributed by atoms with Crippen LogP contribution in [0, 0.1) is 12.7 Å². The number of aliphatic hydroxyl groups is 1. The second-order valence-corrected chi connectivity index (χ2v) is 6.44. The molecular weight excluding hydrogens is 325 g/mol. The van der Waals surface area contributed by atoms with Crippen LogP contribution in [0.25, 0.3) is 0 Å². The molecule has 0 saturated carbocycles. The van der Waals surface area contributed by atoms with Gasteiger partial charge in [-0.05, 0) is 18.6 Å². The number of aromatic nitrogens is 3. The van der Waals surface area contributed by atoms with Crippen molar-refractivity contribution in [2.24, 2.45) is 0 Å². The van der Waals surface area contributed by atoms with E-state index in [4.69, 9.17) is 0 Å². The van der Waals surface area contributed by atoms with E-state index in [1.54, 1.807) is 18.2 Å². The van der Waals surface area contributed by atoms with Gasteiger partial charge in [-0.2, -0.15) is 0 Å². The van der Waals surface area contributed by atoms with E-state index in [-0.39, 0.29) is 0 Å². The summed E-state index contributed by atoms with van der Waals surface area (Å²) in [4.78, 5) is 0. The van der Waals surface area contributed by atoms with Crippen molar-refractivity contribution in [2.75, 3.05) is 5.75 Å². The number of benzene rings is 2. The smallest absolute Gasteiger partial charge is 0.191 e. The number of aryl methyl sites for hydroxylation is 1. The summed E-state index contributed by atoms with van der Waals surface area (Å²) in [7, 11) is 0. The average Bonchev–Trinajstić information content (AvgIpc) is 2.94. The summed E-state index contributed by atoms with van der Waals surface area (Å²) in [6.45, 7) is 2.56. The summed E-state index contributed by atoms with van der Waals surface area (Å²) in [5.74, 6) is 0.725. The Balaban J connectivity index is 1.71. The van der Waals surface area contributed by atoms with Crippen molar-refractivity contribution in [3.63, 3.8) is 0 Å². The van der Waals surface area contributed by atoms with Crippen LogP contribution in [0.5, 0.6) is 0 Å². The first kappa shape index (κ1) is 16.7. The van der Waals surface area contributed by atoms with Crippen LogP contribution in [0.2, 0.25) is 0 Å². The number of nitrogens with zero attached hydrogens (tertiary/aromatic N) is 3. The molecule has 0 amide bonds. The maximum absolute atomic E-state index is 13.7. The lowest BCUT2D eigenvalue weighted by Gasteiger charge is -2.12. The summed E-state index contributed by atoms with van der Waals surface area (Å²) in [5.41, 5.74) is 1.45. The summed E-state index contributed by atoms with van der Waals surface area (Å²) >= 11 is 1.37. The Kier molecular flexibility index (Phi) is 5.27. The Hall–Kier alpha value is -2.18. The Labute approximate surface area is 144 Å². The molecule has 0 radical (unpaired) electrons. The normalized spacial score (nSPS) is 12.3. The Bertz CT molecular complexity index is 807. The summed E-state index contributed by atoms with van der Waals surface area (Å²) in [6.07, 6.45) is -0.890. The fraction of sp³-hybridized carbons (Fsp3) is 0.222. The van der Waals surface area contributed by atoms with E-state index in [1.807, 2.05) is 41.8 Å². The third kappa shape index (κ3) is 3.83. The van der Waals surface area contributed by atoms with Crippen LogP contribution in [0.1, 0.15) is 23.1 Å². The molecule has 0 aliphatic rings. The Morgan fingerprint density at radius 2 is 1.79 bits per heavy atom. The molecule has 3 rings (SSSR count). The predicted octanol–water partition coefficient (Wildman–Crippen LogP) is 3.60. The van der Waals surface area contributed by atoms with E-state index in [2.05, 4.69) is 10.2 Å². The first-order valence-electron chi connectivity index (χ1n) is 7.64. The molecular formula is C18H18FN3OS. The molecule has 1 unspecified atom stereocenters. The summed E-state index contributed by atoms with van der Waals surface area (Å²) in [6, 6.07) is 16.3. The standard InChI is InChI=1S/C18H18FN3OS/c1-13-20-21-18(22(13)11-14-7-3-2-4-8-14)24-12-17(23)15-9-5-6-10-16(15)19/h2-10,17,23H,11-12H2,1H3. The second-order valence-electron chi connectivity index (χ2n) is 5.45. The molecule has 0 bridgehead atoms. The quantitative estimate of drug-likeness (QED) is 0.695. The molecule has 1 aromatic heterocycles. The van der Waals surface area contributed by atoms with Crippen LogP contribution in [-0.2, 0) is 6.54 Å². The van der Waals surface area contributed by atoms with Gasteiger partial charge in [0.2, 0.25) is 0 Å². The first-order valence-corrected chi connectivity index (χ1v) is 8.62. The maximum atomic E-state index is 13.7.